The van der Waals surface area contributed by atoms with Gasteiger partial charge in [-0.1, -0.05) is 42.5 Å². The Morgan fingerprint density at radius 3 is 2.12 bits per heavy atom. The van der Waals surface area contributed by atoms with Gasteiger partial charge in [-0.3, -0.25) is 0 Å². The summed E-state index contributed by atoms with van der Waals surface area (Å²) >= 11 is 0. The summed E-state index contributed by atoms with van der Waals surface area (Å²) in [5.41, 5.74) is 4.08. The number of aromatic carboxylic acids is 1. The van der Waals surface area contributed by atoms with Gasteiger partial charge in [-0.05, 0) is 36.1 Å². The molecule has 0 unspecified atom stereocenters. The van der Waals surface area contributed by atoms with Crippen LogP contribution in [0.3, 0.4) is 0 Å². The smallest absolute Gasteiger partial charge is 0.0721 e. The minimum atomic E-state index is -1.14. The molecule has 2 aromatic carbocycles. The quantitative estimate of drug-likeness (QED) is 0.787. The Morgan fingerprint density at radius 2 is 1.53 bits per heavy atom. The third kappa shape index (κ3) is 2.07. The van der Waals surface area contributed by atoms with Gasteiger partial charge in [0.15, 0.2) is 0 Å². The lowest BCUT2D eigenvalue weighted by Crippen LogP contribution is -2.23. The van der Waals surface area contributed by atoms with Gasteiger partial charge in [0.05, 0.1) is 5.97 Å². The molecule has 2 heteroatoms. The molecule has 0 heterocycles. The van der Waals surface area contributed by atoms with Gasteiger partial charge in [0, 0.05) is 5.56 Å². The van der Waals surface area contributed by atoms with E-state index in [0.717, 1.165) is 22.3 Å². The Balaban J connectivity index is 2.73. The summed E-state index contributed by atoms with van der Waals surface area (Å²) in [6.07, 6.45) is 0. The number of benzene rings is 2. The van der Waals surface area contributed by atoms with E-state index in [0.29, 0.717) is 0 Å². The molecule has 86 valence electrons. The zero-order chi connectivity index (χ0) is 12.4. The summed E-state index contributed by atoms with van der Waals surface area (Å²) in [6.45, 7) is 3.96. The molecular weight excluding hydrogens is 212 g/mol. The molecule has 0 bridgehead atoms. The van der Waals surface area contributed by atoms with Crippen LogP contribution in [-0.2, 0) is 0 Å². The van der Waals surface area contributed by atoms with Crippen molar-refractivity contribution in [2.75, 3.05) is 0 Å². The molecule has 0 fully saturated rings. The van der Waals surface area contributed by atoms with E-state index in [1.165, 1.54) is 0 Å². The first-order valence-electron chi connectivity index (χ1n) is 5.48. The average molecular weight is 225 g/mol. The highest BCUT2D eigenvalue weighted by atomic mass is 16.4. The first-order valence-corrected chi connectivity index (χ1v) is 5.48. The molecule has 0 aliphatic rings. The van der Waals surface area contributed by atoms with Crippen molar-refractivity contribution in [3.8, 4) is 11.1 Å². The molecule has 0 aliphatic heterocycles. The highest BCUT2D eigenvalue weighted by Crippen LogP contribution is 2.29. The third-order valence-corrected chi connectivity index (χ3v) is 2.90. The Labute approximate surface area is 101 Å². The van der Waals surface area contributed by atoms with Crippen LogP contribution in [0.5, 0.6) is 0 Å². The number of carbonyl (C=O) groups excluding carboxylic acids is 1. The maximum absolute atomic E-state index is 11.1. The molecule has 2 nitrogen and oxygen atoms in total. The molecule has 0 spiro atoms. The van der Waals surface area contributed by atoms with E-state index in [1.54, 1.807) is 12.1 Å². The SMILES string of the molecule is Cc1cccc(C)c1-c1ccccc1C(=O)[O-]. The van der Waals surface area contributed by atoms with Gasteiger partial charge >= 0.3 is 0 Å². The fourth-order valence-corrected chi connectivity index (χ4v) is 2.12. The maximum Gasteiger partial charge on any atom is 0.0721 e. The molecule has 0 radical (unpaired) electrons. The second-order valence-electron chi connectivity index (χ2n) is 4.10. The van der Waals surface area contributed by atoms with Gasteiger partial charge in [0.2, 0.25) is 0 Å². The lowest BCUT2D eigenvalue weighted by molar-refractivity contribution is -0.254. The lowest BCUT2D eigenvalue weighted by atomic mass is 9.92. The van der Waals surface area contributed by atoms with Gasteiger partial charge in [-0.2, -0.15) is 0 Å². The number of carboxylic acid groups (broad SMARTS) is 1. The van der Waals surface area contributed by atoms with Crippen LogP contribution in [0.15, 0.2) is 42.5 Å². The number of hydrogen-bond acceptors (Lipinski definition) is 2. The van der Waals surface area contributed by atoms with Crippen molar-refractivity contribution in [1.29, 1.82) is 0 Å². The van der Waals surface area contributed by atoms with E-state index in [9.17, 15) is 9.90 Å². The Morgan fingerprint density at radius 1 is 0.941 bits per heavy atom. The second-order valence-corrected chi connectivity index (χ2v) is 4.10. The summed E-state index contributed by atoms with van der Waals surface area (Å²) in [5.74, 6) is -1.14. The molecule has 0 aliphatic carbocycles. The van der Waals surface area contributed by atoms with Gasteiger partial charge in [-0.25, -0.2) is 0 Å². The average Bonchev–Trinajstić information content (AvgIpc) is 2.29. The summed E-state index contributed by atoms with van der Waals surface area (Å²) in [5, 5.41) is 11.1. The van der Waals surface area contributed by atoms with Gasteiger partial charge < -0.3 is 9.90 Å². The standard InChI is InChI=1S/C15H14O2/c1-10-6-5-7-11(2)14(10)12-8-3-4-9-13(12)15(16)17/h3-9H,1-2H3,(H,16,17)/p-1. The normalized spacial score (nSPS) is 10.2. The van der Waals surface area contributed by atoms with Crippen LogP contribution in [0.4, 0.5) is 0 Å². The molecule has 0 atom stereocenters. The number of hydrogen-bond donors (Lipinski definition) is 0. The summed E-state index contributed by atoms with van der Waals surface area (Å²) < 4.78 is 0. The molecule has 2 aromatic rings. The van der Waals surface area contributed by atoms with Crippen LogP contribution in [-0.4, -0.2) is 5.97 Å². The van der Waals surface area contributed by atoms with E-state index < -0.39 is 5.97 Å². The van der Waals surface area contributed by atoms with Crippen molar-refractivity contribution in [3.05, 3.63) is 59.2 Å². The minimum Gasteiger partial charge on any atom is -0.545 e. The van der Waals surface area contributed by atoms with E-state index >= 15 is 0 Å². The van der Waals surface area contributed by atoms with Crippen molar-refractivity contribution < 1.29 is 9.90 Å². The van der Waals surface area contributed by atoms with Gasteiger partial charge in [0.1, 0.15) is 0 Å². The number of carboxylic acids is 1. The largest absolute Gasteiger partial charge is 0.545 e. The van der Waals surface area contributed by atoms with E-state index in [2.05, 4.69) is 0 Å². The molecule has 2 rings (SSSR count). The van der Waals surface area contributed by atoms with Crippen LogP contribution >= 0.6 is 0 Å². The van der Waals surface area contributed by atoms with Crippen molar-refractivity contribution in [1.82, 2.24) is 0 Å². The zero-order valence-electron chi connectivity index (χ0n) is 9.86. The summed E-state index contributed by atoms with van der Waals surface area (Å²) in [7, 11) is 0. The molecule has 17 heavy (non-hydrogen) atoms. The fourth-order valence-electron chi connectivity index (χ4n) is 2.12. The molecule has 0 saturated carbocycles. The Kier molecular flexibility index (Phi) is 2.96. The highest BCUT2D eigenvalue weighted by Gasteiger charge is 2.09. The van der Waals surface area contributed by atoms with Gasteiger partial charge in [-0.15, -0.1) is 0 Å². The third-order valence-electron chi connectivity index (χ3n) is 2.90. The summed E-state index contributed by atoms with van der Waals surface area (Å²) in [6, 6.07) is 12.9. The predicted octanol–water partition coefficient (Wildman–Crippen LogP) is 2.33. The van der Waals surface area contributed by atoms with Crippen molar-refractivity contribution >= 4 is 5.97 Å². The van der Waals surface area contributed by atoms with Crippen LogP contribution in [0.2, 0.25) is 0 Å². The van der Waals surface area contributed by atoms with E-state index in [-0.39, 0.29) is 5.56 Å². The monoisotopic (exact) mass is 225 g/mol. The number of rotatable bonds is 2. The molecule has 0 saturated heterocycles. The molecule has 0 aromatic heterocycles. The zero-order valence-corrected chi connectivity index (χ0v) is 9.86. The van der Waals surface area contributed by atoms with Crippen LogP contribution in [0.1, 0.15) is 21.5 Å². The van der Waals surface area contributed by atoms with Crippen molar-refractivity contribution in [2.24, 2.45) is 0 Å². The first kappa shape index (κ1) is 11.4. The van der Waals surface area contributed by atoms with Crippen LogP contribution in [0.25, 0.3) is 11.1 Å². The van der Waals surface area contributed by atoms with Crippen molar-refractivity contribution in [3.63, 3.8) is 0 Å². The van der Waals surface area contributed by atoms with Crippen LogP contribution < -0.4 is 5.11 Å². The molecule has 0 amide bonds. The number of carbonyl (C=O) groups is 1. The Hall–Kier alpha value is -2.09. The lowest BCUT2D eigenvalue weighted by Gasteiger charge is -2.14. The maximum atomic E-state index is 11.1. The highest BCUT2D eigenvalue weighted by molar-refractivity contribution is 5.95. The van der Waals surface area contributed by atoms with Gasteiger partial charge in [0.25, 0.3) is 0 Å². The number of aryl methyl sites for hydroxylation is 2. The summed E-state index contributed by atoms with van der Waals surface area (Å²) in [4.78, 5) is 11.1. The van der Waals surface area contributed by atoms with E-state index in [1.807, 2.05) is 44.2 Å². The van der Waals surface area contributed by atoms with E-state index in [4.69, 9.17) is 0 Å². The van der Waals surface area contributed by atoms with Crippen molar-refractivity contribution in [2.45, 2.75) is 13.8 Å². The van der Waals surface area contributed by atoms with Crippen LogP contribution in [0, 0.1) is 13.8 Å². The minimum absolute atomic E-state index is 0.241. The molecule has 0 N–H and O–H groups in total. The molecular formula is C15H13O2-. The topological polar surface area (TPSA) is 40.1 Å². The first-order chi connectivity index (χ1) is 8.11. The second kappa shape index (κ2) is 4.42. The Bertz CT molecular complexity index is 551. The predicted molar refractivity (Wildman–Crippen MR) is 65.7 cm³/mol. The fraction of sp³-hybridized carbons (Fsp3) is 0.133.